The highest BCUT2D eigenvalue weighted by molar-refractivity contribution is 5.16. The summed E-state index contributed by atoms with van der Waals surface area (Å²) in [6, 6.07) is 0. The smallest absolute Gasteiger partial charge is 0.0946 e. The van der Waals surface area contributed by atoms with Crippen molar-refractivity contribution in [1.82, 2.24) is 9.55 Å². The largest absolute Gasteiger partial charge is 0.337 e. The Morgan fingerprint density at radius 1 is 1.31 bits per heavy atom. The molecule has 0 amide bonds. The van der Waals surface area contributed by atoms with Gasteiger partial charge in [0.05, 0.1) is 6.33 Å². The van der Waals surface area contributed by atoms with Gasteiger partial charge in [-0.2, -0.15) is 0 Å². The molecule has 1 aromatic rings. The number of aromatic nitrogens is 2. The lowest BCUT2D eigenvalue weighted by molar-refractivity contribution is 0.357. The first-order valence-electron chi connectivity index (χ1n) is 5.39. The Labute approximate surface area is 78.0 Å². The Morgan fingerprint density at radius 2 is 2.15 bits per heavy atom. The molecule has 0 spiro atoms. The molecule has 68 valence electrons. The van der Waals surface area contributed by atoms with E-state index in [1.54, 1.807) is 12.8 Å². The average Bonchev–Trinajstić information content (AvgIpc) is 2.67. The van der Waals surface area contributed by atoms with Gasteiger partial charge in [-0.15, -0.1) is 0 Å². The summed E-state index contributed by atoms with van der Waals surface area (Å²) in [6.45, 7) is 1.24. The van der Waals surface area contributed by atoms with Crippen LogP contribution in [-0.4, -0.2) is 9.55 Å². The van der Waals surface area contributed by atoms with Crippen molar-refractivity contribution in [1.29, 1.82) is 0 Å². The number of rotatable bonds is 2. The zero-order valence-electron chi connectivity index (χ0n) is 7.63. The van der Waals surface area contributed by atoms with Gasteiger partial charge in [0.25, 0.3) is 0 Å². The maximum atomic E-state index is 4.10. The SMILES string of the molecule is c1cn(CC2C3CC4C(C3)C24)cn1. The molecule has 2 heteroatoms. The van der Waals surface area contributed by atoms with E-state index in [0.717, 1.165) is 29.6 Å². The van der Waals surface area contributed by atoms with Crippen molar-refractivity contribution in [2.24, 2.45) is 29.6 Å². The van der Waals surface area contributed by atoms with Crippen LogP contribution in [0.15, 0.2) is 18.7 Å². The van der Waals surface area contributed by atoms with Crippen molar-refractivity contribution in [2.45, 2.75) is 19.4 Å². The van der Waals surface area contributed by atoms with E-state index in [1.807, 2.05) is 12.5 Å². The Kier molecular flexibility index (Phi) is 1.02. The number of nitrogens with zero attached hydrogens (tertiary/aromatic N) is 2. The minimum Gasteiger partial charge on any atom is -0.337 e. The molecule has 4 aliphatic carbocycles. The highest BCUT2D eigenvalue weighted by atomic mass is 15.0. The summed E-state index contributed by atoms with van der Waals surface area (Å²) in [7, 11) is 0. The van der Waals surface area contributed by atoms with Gasteiger partial charge >= 0.3 is 0 Å². The quantitative estimate of drug-likeness (QED) is 0.668. The zero-order chi connectivity index (χ0) is 8.41. The van der Waals surface area contributed by atoms with Crippen molar-refractivity contribution in [3.8, 4) is 0 Å². The van der Waals surface area contributed by atoms with Gasteiger partial charge in [0.15, 0.2) is 0 Å². The Morgan fingerprint density at radius 3 is 2.69 bits per heavy atom. The highest BCUT2D eigenvalue weighted by Crippen LogP contribution is 2.73. The first kappa shape index (κ1) is 6.63. The third-order valence-electron chi connectivity index (χ3n) is 4.63. The van der Waals surface area contributed by atoms with E-state index in [9.17, 15) is 0 Å². The summed E-state index contributed by atoms with van der Waals surface area (Å²) >= 11 is 0. The van der Waals surface area contributed by atoms with E-state index in [1.165, 1.54) is 6.54 Å². The summed E-state index contributed by atoms with van der Waals surface area (Å²) in [4.78, 5) is 4.10. The monoisotopic (exact) mass is 174 g/mol. The van der Waals surface area contributed by atoms with Crippen molar-refractivity contribution in [2.75, 3.05) is 0 Å². The topological polar surface area (TPSA) is 17.8 Å². The lowest BCUT2D eigenvalue weighted by Gasteiger charge is -2.14. The van der Waals surface area contributed by atoms with Gasteiger partial charge in [-0.3, -0.25) is 0 Å². The van der Waals surface area contributed by atoms with E-state index in [2.05, 4.69) is 15.7 Å². The molecule has 1 heterocycles. The van der Waals surface area contributed by atoms with E-state index in [4.69, 9.17) is 0 Å². The van der Waals surface area contributed by atoms with Gasteiger partial charge in [-0.1, -0.05) is 0 Å². The van der Waals surface area contributed by atoms with Crippen LogP contribution in [0.4, 0.5) is 0 Å². The number of hydrogen-bond donors (Lipinski definition) is 0. The third kappa shape index (κ3) is 0.725. The molecule has 3 atom stereocenters. The molecule has 0 saturated heterocycles. The lowest BCUT2D eigenvalue weighted by Crippen LogP contribution is -2.12. The van der Waals surface area contributed by atoms with E-state index < -0.39 is 0 Å². The van der Waals surface area contributed by atoms with Crippen LogP contribution >= 0.6 is 0 Å². The molecule has 0 aromatic carbocycles. The molecule has 4 bridgehead atoms. The average molecular weight is 174 g/mol. The standard InChI is InChI=1S/C11H14N2/c1-2-13(6-12-1)5-10-7-3-8-9(4-7)11(8)10/h1-2,6-11H,3-5H2. The van der Waals surface area contributed by atoms with Crippen LogP contribution in [-0.2, 0) is 6.54 Å². The van der Waals surface area contributed by atoms with Gasteiger partial charge in [0, 0.05) is 18.9 Å². The zero-order valence-corrected chi connectivity index (χ0v) is 7.63. The molecule has 0 radical (unpaired) electrons. The van der Waals surface area contributed by atoms with Crippen LogP contribution in [0.5, 0.6) is 0 Å². The first-order valence-corrected chi connectivity index (χ1v) is 5.39. The maximum Gasteiger partial charge on any atom is 0.0946 e. The Hall–Kier alpha value is -0.790. The molecule has 13 heavy (non-hydrogen) atoms. The lowest BCUT2D eigenvalue weighted by atomic mass is 9.98. The van der Waals surface area contributed by atoms with Crippen LogP contribution in [0.2, 0.25) is 0 Å². The molecular weight excluding hydrogens is 160 g/mol. The van der Waals surface area contributed by atoms with Gasteiger partial charge in [0.1, 0.15) is 0 Å². The second-order valence-corrected chi connectivity index (χ2v) is 5.06. The molecule has 4 aliphatic rings. The van der Waals surface area contributed by atoms with Gasteiger partial charge < -0.3 is 4.57 Å². The molecule has 2 nitrogen and oxygen atoms in total. The minimum atomic E-state index is 1.00. The Balaban J connectivity index is 1.58. The molecular formula is C11H14N2. The van der Waals surface area contributed by atoms with Gasteiger partial charge in [-0.05, 0) is 42.4 Å². The van der Waals surface area contributed by atoms with E-state index >= 15 is 0 Å². The number of imidazole rings is 1. The molecule has 4 saturated carbocycles. The first-order chi connectivity index (χ1) is 6.43. The van der Waals surface area contributed by atoms with Gasteiger partial charge in [0.2, 0.25) is 0 Å². The molecule has 0 aliphatic heterocycles. The second-order valence-electron chi connectivity index (χ2n) is 5.06. The van der Waals surface area contributed by atoms with Crippen LogP contribution in [0.3, 0.4) is 0 Å². The van der Waals surface area contributed by atoms with Crippen LogP contribution < -0.4 is 0 Å². The van der Waals surface area contributed by atoms with Crippen molar-refractivity contribution in [3.05, 3.63) is 18.7 Å². The number of hydrogen-bond acceptors (Lipinski definition) is 1. The predicted molar refractivity (Wildman–Crippen MR) is 48.9 cm³/mol. The van der Waals surface area contributed by atoms with Crippen molar-refractivity contribution < 1.29 is 0 Å². The minimum absolute atomic E-state index is 1.00. The molecule has 3 unspecified atom stereocenters. The fourth-order valence-electron chi connectivity index (χ4n) is 4.14. The normalized spacial score (nSPS) is 50.0. The molecule has 5 rings (SSSR count). The third-order valence-corrected chi connectivity index (χ3v) is 4.63. The van der Waals surface area contributed by atoms with E-state index in [0.29, 0.717) is 0 Å². The van der Waals surface area contributed by atoms with Gasteiger partial charge in [-0.25, -0.2) is 4.98 Å². The second kappa shape index (κ2) is 1.99. The summed E-state index contributed by atoms with van der Waals surface area (Å²) in [6.07, 6.45) is 9.06. The van der Waals surface area contributed by atoms with Crippen molar-refractivity contribution in [3.63, 3.8) is 0 Å². The summed E-state index contributed by atoms with van der Waals surface area (Å²) in [5.41, 5.74) is 0. The van der Waals surface area contributed by atoms with Crippen LogP contribution in [0.1, 0.15) is 12.8 Å². The predicted octanol–water partition coefficient (Wildman–Crippen LogP) is 1.79. The summed E-state index contributed by atoms with van der Waals surface area (Å²) < 4.78 is 2.26. The maximum absolute atomic E-state index is 4.10. The molecule has 4 fully saturated rings. The molecule has 1 aromatic heterocycles. The fourth-order valence-corrected chi connectivity index (χ4v) is 4.14. The molecule has 0 N–H and O–H groups in total. The van der Waals surface area contributed by atoms with E-state index in [-0.39, 0.29) is 0 Å². The van der Waals surface area contributed by atoms with Crippen LogP contribution in [0, 0.1) is 29.6 Å². The Bertz CT molecular complexity index is 316. The fraction of sp³-hybridized carbons (Fsp3) is 0.727. The van der Waals surface area contributed by atoms with Crippen molar-refractivity contribution >= 4 is 0 Å². The van der Waals surface area contributed by atoms with Crippen LogP contribution in [0.25, 0.3) is 0 Å². The summed E-state index contributed by atoms with van der Waals surface area (Å²) in [5, 5.41) is 0. The highest BCUT2D eigenvalue weighted by Gasteiger charge is 2.67. The summed E-state index contributed by atoms with van der Waals surface area (Å²) in [5.74, 6) is 5.50.